The lowest BCUT2D eigenvalue weighted by atomic mass is 10.1. The van der Waals surface area contributed by atoms with E-state index < -0.39 is 0 Å². The number of carbonyl (C=O) groups is 1. The number of piperidine rings is 1. The molecule has 3 heterocycles. The van der Waals surface area contributed by atoms with Crippen LogP contribution in [0.15, 0.2) is 24.3 Å². The van der Waals surface area contributed by atoms with Crippen molar-refractivity contribution in [3.8, 4) is 0 Å². The van der Waals surface area contributed by atoms with Gasteiger partial charge in [0.25, 0.3) is 5.91 Å². The van der Waals surface area contributed by atoms with Crippen LogP contribution >= 0.6 is 11.3 Å². The Morgan fingerprint density at radius 3 is 2.69 bits per heavy atom. The molecule has 2 aromatic heterocycles. The highest BCUT2D eigenvalue weighted by atomic mass is 32.1. The molecule has 1 amide bonds. The Morgan fingerprint density at radius 1 is 1.23 bits per heavy atom. The predicted molar refractivity (Wildman–Crippen MR) is 105 cm³/mol. The SMILES string of the molecule is Cc1ccc2nc(N3CCC(NC(=O)c4cc(C)n(C)n4)CC3)sc2c1. The molecule has 6 nitrogen and oxygen atoms in total. The number of benzene rings is 1. The topological polar surface area (TPSA) is 63.1 Å². The lowest BCUT2D eigenvalue weighted by Gasteiger charge is -2.31. The van der Waals surface area contributed by atoms with E-state index in [2.05, 4.69) is 40.4 Å². The second-order valence-corrected chi connectivity index (χ2v) is 8.01. The number of carbonyl (C=O) groups excluding carboxylic acids is 1. The van der Waals surface area contributed by atoms with E-state index in [1.807, 2.05) is 20.0 Å². The molecule has 26 heavy (non-hydrogen) atoms. The van der Waals surface area contributed by atoms with Crippen LogP contribution in [-0.2, 0) is 7.05 Å². The molecule has 1 aliphatic heterocycles. The van der Waals surface area contributed by atoms with Crippen LogP contribution in [0.25, 0.3) is 10.2 Å². The van der Waals surface area contributed by atoms with Crippen LogP contribution in [0.5, 0.6) is 0 Å². The third kappa shape index (κ3) is 3.31. The summed E-state index contributed by atoms with van der Waals surface area (Å²) in [5.74, 6) is -0.0809. The number of thiazole rings is 1. The minimum absolute atomic E-state index is 0.0809. The van der Waals surface area contributed by atoms with Gasteiger partial charge in [-0.3, -0.25) is 9.48 Å². The summed E-state index contributed by atoms with van der Waals surface area (Å²) in [4.78, 5) is 19.5. The minimum atomic E-state index is -0.0809. The number of hydrogen-bond acceptors (Lipinski definition) is 5. The van der Waals surface area contributed by atoms with Gasteiger partial charge in [0.1, 0.15) is 5.69 Å². The molecule has 1 fully saturated rings. The maximum atomic E-state index is 12.4. The lowest BCUT2D eigenvalue weighted by Crippen LogP contribution is -2.44. The summed E-state index contributed by atoms with van der Waals surface area (Å²) in [6.07, 6.45) is 1.85. The zero-order valence-electron chi connectivity index (χ0n) is 15.3. The van der Waals surface area contributed by atoms with Gasteiger partial charge < -0.3 is 10.2 Å². The van der Waals surface area contributed by atoms with Gasteiger partial charge in [-0.1, -0.05) is 17.4 Å². The number of aromatic nitrogens is 3. The molecule has 3 aromatic rings. The summed E-state index contributed by atoms with van der Waals surface area (Å²) < 4.78 is 2.97. The normalized spacial score (nSPS) is 15.6. The van der Waals surface area contributed by atoms with E-state index >= 15 is 0 Å². The van der Waals surface area contributed by atoms with E-state index in [4.69, 9.17) is 4.98 Å². The Balaban J connectivity index is 1.38. The van der Waals surface area contributed by atoms with Gasteiger partial charge in [-0.2, -0.15) is 5.10 Å². The molecule has 0 bridgehead atoms. The maximum absolute atomic E-state index is 12.4. The fourth-order valence-electron chi connectivity index (χ4n) is 3.30. The first-order valence-corrected chi connectivity index (χ1v) is 9.75. The smallest absolute Gasteiger partial charge is 0.272 e. The van der Waals surface area contributed by atoms with Gasteiger partial charge >= 0.3 is 0 Å². The third-order valence-electron chi connectivity index (χ3n) is 4.98. The largest absolute Gasteiger partial charge is 0.348 e. The van der Waals surface area contributed by atoms with E-state index in [-0.39, 0.29) is 11.9 Å². The number of nitrogens with zero attached hydrogens (tertiary/aromatic N) is 4. The maximum Gasteiger partial charge on any atom is 0.272 e. The number of fused-ring (bicyclic) bond motifs is 1. The van der Waals surface area contributed by atoms with Crippen LogP contribution in [0.2, 0.25) is 0 Å². The second-order valence-electron chi connectivity index (χ2n) is 7.00. The molecule has 0 unspecified atom stereocenters. The van der Waals surface area contributed by atoms with Crippen molar-refractivity contribution in [1.29, 1.82) is 0 Å². The highest BCUT2D eigenvalue weighted by Gasteiger charge is 2.24. The molecule has 7 heteroatoms. The first kappa shape index (κ1) is 17.0. The van der Waals surface area contributed by atoms with Gasteiger partial charge in [0.2, 0.25) is 0 Å². The molecule has 0 radical (unpaired) electrons. The van der Waals surface area contributed by atoms with Gasteiger partial charge in [-0.25, -0.2) is 4.98 Å². The number of aryl methyl sites for hydroxylation is 3. The summed E-state index contributed by atoms with van der Waals surface area (Å²) in [6, 6.07) is 8.41. The number of anilines is 1. The molecule has 0 atom stereocenters. The van der Waals surface area contributed by atoms with Crippen LogP contribution in [0, 0.1) is 13.8 Å². The molecule has 0 spiro atoms. The number of amides is 1. The van der Waals surface area contributed by atoms with Crippen molar-refractivity contribution >= 4 is 32.6 Å². The van der Waals surface area contributed by atoms with E-state index in [9.17, 15) is 4.79 Å². The number of hydrogen-bond donors (Lipinski definition) is 1. The summed E-state index contributed by atoms with van der Waals surface area (Å²) >= 11 is 1.75. The Labute approximate surface area is 156 Å². The first-order chi connectivity index (χ1) is 12.5. The zero-order chi connectivity index (χ0) is 18.3. The summed E-state index contributed by atoms with van der Waals surface area (Å²) in [7, 11) is 1.85. The Hall–Kier alpha value is -2.41. The quantitative estimate of drug-likeness (QED) is 0.771. The molecule has 4 rings (SSSR count). The lowest BCUT2D eigenvalue weighted by molar-refractivity contribution is 0.0925. The van der Waals surface area contributed by atoms with Crippen LogP contribution < -0.4 is 10.2 Å². The summed E-state index contributed by atoms with van der Waals surface area (Å²) in [5.41, 5.74) is 3.81. The highest BCUT2D eigenvalue weighted by molar-refractivity contribution is 7.22. The fourth-order valence-corrected chi connectivity index (χ4v) is 4.42. The van der Waals surface area contributed by atoms with E-state index in [1.165, 1.54) is 10.3 Å². The first-order valence-electron chi connectivity index (χ1n) is 8.93. The van der Waals surface area contributed by atoms with Crippen LogP contribution in [0.1, 0.15) is 34.6 Å². The number of rotatable bonds is 3. The van der Waals surface area contributed by atoms with Crippen molar-refractivity contribution in [3.05, 3.63) is 41.2 Å². The second kappa shape index (κ2) is 6.72. The molecule has 0 aliphatic carbocycles. The Morgan fingerprint density at radius 2 is 2.00 bits per heavy atom. The van der Waals surface area contributed by atoms with Crippen LogP contribution in [-0.4, -0.2) is 39.8 Å². The monoisotopic (exact) mass is 369 g/mol. The van der Waals surface area contributed by atoms with Gasteiger partial charge in [0.15, 0.2) is 5.13 Å². The third-order valence-corrected chi connectivity index (χ3v) is 6.06. The molecule has 1 saturated heterocycles. The molecule has 1 aliphatic rings. The number of nitrogens with one attached hydrogen (secondary N) is 1. The standard InChI is InChI=1S/C19H23N5OS/c1-12-4-5-15-17(10-12)26-19(21-15)24-8-6-14(7-9-24)20-18(25)16-11-13(2)23(3)22-16/h4-5,10-11,14H,6-9H2,1-3H3,(H,20,25). The van der Waals surface area contributed by atoms with Gasteiger partial charge in [0.05, 0.1) is 10.2 Å². The van der Waals surface area contributed by atoms with Crippen LogP contribution in [0.3, 0.4) is 0 Å². The molecule has 0 saturated carbocycles. The van der Waals surface area contributed by atoms with Crippen molar-refractivity contribution < 1.29 is 4.79 Å². The van der Waals surface area contributed by atoms with Crippen molar-refractivity contribution in [1.82, 2.24) is 20.1 Å². The van der Waals surface area contributed by atoms with E-state index in [0.717, 1.165) is 42.3 Å². The summed E-state index contributed by atoms with van der Waals surface area (Å²) in [5, 5.41) is 8.46. The Bertz CT molecular complexity index is 933. The van der Waals surface area contributed by atoms with Crippen molar-refractivity contribution in [3.63, 3.8) is 0 Å². The van der Waals surface area contributed by atoms with E-state index in [1.54, 1.807) is 16.0 Å². The van der Waals surface area contributed by atoms with Gasteiger partial charge in [-0.15, -0.1) is 0 Å². The van der Waals surface area contributed by atoms with Gasteiger partial charge in [0, 0.05) is 31.9 Å². The minimum Gasteiger partial charge on any atom is -0.348 e. The molecule has 136 valence electrons. The van der Waals surface area contributed by atoms with Crippen molar-refractivity contribution in [2.24, 2.45) is 7.05 Å². The average molecular weight is 369 g/mol. The van der Waals surface area contributed by atoms with Crippen molar-refractivity contribution in [2.45, 2.75) is 32.7 Å². The van der Waals surface area contributed by atoms with Crippen LogP contribution in [0.4, 0.5) is 5.13 Å². The summed E-state index contributed by atoms with van der Waals surface area (Å²) in [6.45, 7) is 5.87. The molecular formula is C19H23N5OS. The average Bonchev–Trinajstić information content (AvgIpc) is 3.19. The molecule has 1 N–H and O–H groups in total. The predicted octanol–water partition coefficient (Wildman–Crippen LogP) is 3.05. The molecular weight excluding hydrogens is 346 g/mol. The van der Waals surface area contributed by atoms with Gasteiger partial charge in [-0.05, 0) is 50.5 Å². The zero-order valence-corrected chi connectivity index (χ0v) is 16.1. The van der Waals surface area contributed by atoms with E-state index in [0.29, 0.717) is 5.69 Å². The fraction of sp³-hybridized carbons (Fsp3) is 0.421. The Kier molecular flexibility index (Phi) is 4.40. The van der Waals surface area contributed by atoms with Crippen molar-refractivity contribution in [2.75, 3.05) is 18.0 Å². The highest BCUT2D eigenvalue weighted by Crippen LogP contribution is 2.31. The molecule has 1 aromatic carbocycles.